The molecule has 3 aromatic carbocycles. The lowest BCUT2D eigenvalue weighted by atomic mass is 9.77. The highest BCUT2D eigenvalue weighted by molar-refractivity contribution is 6.62. The fourth-order valence-corrected chi connectivity index (χ4v) is 7.85. The number of likely N-dealkylation sites (tertiary alicyclic amines) is 1. The number of ether oxygens (including phenoxy) is 2. The van der Waals surface area contributed by atoms with Crippen LogP contribution in [0.2, 0.25) is 0 Å². The van der Waals surface area contributed by atoms with E-state index in [2.05, 4.69) is 80.5 Å². The van der Waals surface area contributed by atoms with Crippen molar-refractivity contribution in [2.24, 2.45) is 11.8 Å². The van der Waals surface area contributed by atoms with Gasteiger partial charge in [0.1, 0.15) is 24.2 Å². The second kappa shape index (κ2) is 11.0. The van der Waals surface area contributed by atoms with Crippen molar-refractivity contribution in [1.29, 1.82) is 0 Å². The summed E-state index contributed by atoms with van der Waals surface area (Å²) in [5.74, 6) is 1.85. The zero-order valence-corrected chi connectivity index (χ0v) is 28.7. The highest BCUT2D eigenvalue weighted by atomic mass is 16.7. The normalized spacial score (nSPS) is 24.1. The van der Waals surface area contributed by atoms with E-state index in [0.29, 0.717) is 12.5 Å². The van der Waals surface area contributed by atoms with Crippen molar-refractivity contribution in [2.75, 3.05) is 7.11 Å². The van der Waals surface area contributed by atoms with Crippen LogP contribution in [0, 0.1) is 11.8 Å². The summed E-state index contributed by atoms with van der Waals surface area (Å²) in [5.41, 5.74) is 5.22. The molecule has 10 nitrogen and oxygen atoms in total. The monoisotopic (exact) mass is 650 g/mol. The van der Waals surface area contributed by atoms with E-state index in [4.69, 9.17) is 23.8 Å². The highest BCUT2D eigenvalue weighted by Gasteiger charge is 2.53. The second-order valence-electron chi connectivity index (χ2n) is 15.2. The number of imidazole rings is 1. The Bertz CT molecular complexity index is 1950. The minimum absolute atomic E-state index is 0.0827. The zero-order chi connectivity index (χ0) is 33.7. The quantitative estimate of drug-likeness (QED) is 0.255. The summed E-state index contributed by atoms with van der Waals surface area (Å²) in [6, 6.07) is 14.1. The summed E-state index contributed by atoms with van der Waals surface area (Å²) < 4.78 is 23.8. The number of amides is 2. The molecule has 2 N–H and O–H groups in total. The SMILES string of the molecule is COC(=O)N[C@H](C(=O)N1[C@H](c2nc3c(ccc4cc5c(cc43)OCc3cc(B4OC(C)(C)C(C)(C)O4)ccc3-5)[nH]2)C[C@@H]2CC[C@@H]21)C(C)C. The van der Waals surface area contributed by atoms with Crippen LogP contribution in [-0.4, -0.2) is 64.4 Å². The van der Waals surface area contributed by atoms with Crippen LogP contribution in [0.15, 0.2) is 42.5 Å². The van der Waals surface area contributed by atoms with Crippen LogP contribution in [0.4, 0.5) is 4.79 Å². The van der Waals surface area contributed by atoms with Gasteiger partial charge in [0.05, 0.1) is 35.4 Å². The van der Waals surface area contributed by atoms with Crippen molar-refractivity contribution in [3.8, 4) is 16.9 Å². The van der Waals surface area contributed by atoms with E-state index in [1.165, 1.54) is 7.11 Å². The third kappa shape index (κ3) is 4.80. The fraction of sp³-hybridized carbons (Fsp3) is 0.486. The largest absolute Gasteiger partial charge is 0.494 e. The van der Waals surface area contributed by atoms with Crippen LogP contribution in [0.3, 0.4) is 0 Å². The summed E-state index contributed by atoms with van der Waals surface area (Å²) in [7, 11) is 0.887. The number of methoxy groups -OCH3 is 1. The third-order valence-electron chi connectivity index (χ3n) is 11.5. The Labute approximate surface area is 281 Å². The lowest BCUT2D eigenvalue weighted by molar-refractivity contribution is -0.139. The first-order valence-electron chi connectivity index (χ1n) is 17.1. The zero-order valence-electron chi connectivity index (χ0n) is 28.7. The van der Waals surface area contributed by atoms with E-state index in [0.717, 1.165) is 74.8 Å². The summed E-state index contributed by atoms with van der Waals surface area (Å²) in [4.78, 5) is 36.9. The molecule has 0 unspecified atom stereocenters. The number of nitrogens with one attached hydrogen (secondary N) is 2. The van der Waals surface area contributed by atoms with E-state index >= 15 is 0 Å². The number of carbonyl (C=O) groups excluding carboxylic acids is 2. The van der Waals surface area contributed by atoms with Crippen LogP contribution >= 0.6 is 0 Å². The smallest absolute Gasteiger partial charge is 0.488 e. The number of aromatic amines is 1. The Balaban J connectivity index is 1.12. The fourth-order valence-electron chi connectivity index (χ4n) is 7.85. The lowest BCUT2D eigenvalue weighted by Gasteiger charge is -2.39. The standard InChI is InChI=1S/C37H43BN4O6/c1-19(2)31(41-35(44)45-7)34(43)42-28-13-9-21(28)16-29(42)33-39-27-12-8-20-15-26-24-11-10-23(38-47-36(3,4)37(5,6)48-38)14-22(24)18-46-30(26)17-25(20)32(27)40-33/h8,10-12,14-15,17,19,21,28-29,31H,9,13,16,18H2,1-7H3,(H,39,40)(H,41,44)/t21-,28-,29-,31-/m0/s1. The van der Waals surface area contributed by atoms with E-state index in [1.54, 1.807) is 0 Å². The van der Waals surface area contributed by atoms with Gasteiger partial charge in [0, 0.05) is 17.0 Å². The molecule has 4 heterocycles. The molecule has 2 amide bonds. The summed E-state index contributed by atoms with van der Waals surface area (Å²) in [6.07, 6.45) is 2.30. The molecule has 2 saturated heterocycles. The molecule has 1 aliphatic carbocycles. The van der Waals surface area contributed by atoms with Crippen molar-refractivity contribution < 1.29 is 28.4 Å². The molecule has 48 heavy (non-hydrogen) atoms. The minimum atomic E-state index is -0.677. The Morgan fingerprint density at radius 2 is 1.81 bits per heavy atom. The number of carbonyl (C=O) groups is 2. The van der Waals surface area contributed by atoms with Gasteiger partial charge < -0.3 is 34.0 Å². The van der Waals surface area contributed by atoms with Gasteiger partial charge in [-0.2, -0.15) is 0 Å². The topological polar surface area (TPSA) is 115 Å². The minimum Gasteiger partial charge on any atom is -0.488 e. The number of nitrogens with zero attached hydrogens (tertiary/aromatic N) is 2. The van der Waals surface area contributed by atoms with Crippen LogP contribution in [0.1, 0.15) is 78.2 Å². The second-order valence-corrected chi connectivity index (χ2v) is 15.2. The Morgan fingerprint density at radius 3 is 2.50 bits per heavy atom. The number of rotatable bonds is 5. The van der Waals surface area contributed by atoms with Gasteiger partial charge in [-0.05, 0) is 99.0 Å². The Kier molecular flexibility index (Phi) is 7.13. The summed E-state index contributed by atoms with van der Waals surface area (Å²) >= 11 is 0. The van der Waals surface area contributed by atoms with Gasteiger partial charge in [-0.1, -0.05) is 38.1 Å². The van der Waals surface area contributed by atoms with Gasteiger partial charge >= 0.3 is 13.2 Å². The van der Waals surface area contributed by atoms with Gasteiger partial charge in [0.2, 0.25) is 5.91 Å². The molecule has 3 fully saturated rings. The molecule has 0 radical (unpaired) electrons. The predicted molar refractivity (Wildman–Crippen MR) is 184 cm³/mol. The maximum absolute atomic E-state index is 14.0. The number of alkyl carbamates (subject to hydrolysis) is 1. The molecular weight excluding hydrogens is 607 g/mol. The van der Waals surface area contributed by atoms with Crippen molar-refractivity contribution in [3.63, 3.8) is 0 Å². The first-order valence-corrected chi connectivity index (χ1v) is 17.1. The van der Waals surface area contributed by atoms with Crippen molar-refractivity contribution in [3.05, 3.63) is 53.9 Å². The molecule has 4 aromatic rings. The molecule has 0 spiro atoms. The number of benzene rings is 3. The highest BCUT2D eigenvalue weighted by Crippen LogP contribution is 2.50. The van der Waals surface area contributed by atoms with Crippen LogP contribution < -0.4 is 15.5 Å². The number of fused-ring (bicyclic) bond motifs is 7. The van der Waals surface area contributed by atoms with Gasteiger partial charge in [0.15, 0.2) is 0 Å². The van der Waals surface area contributed by atoms with Crippen LogP contribution in [0.25, 0.3) is 32.9 Å². The van der Waals surface area contributed by atoms with Crippen molar-refractivity contribution in [1.82, 2.24) is 20.2 Å². The van der Waals surface area contributed by atoms with Gasteiger partial charge in [-0.15, -0.1) is 0 Å². The third-order valence-corrected chi connectivity index (χ3v) is 11.5. The summed E-state index contributed by atoms with van der Waals surface area (Å²) in [6.45, 7) is 12.6. The molecule has 3 aliphatic heterocycles. The molecule has 250 valence electrons. The molecule has 4 atom stereocenters. The average molecular weight is 651 g/mol. The Morgan fingerprint density at radius 1 is 1.04 bits per heavy atom. The van der Waals surface area contributed by atoms with E-state index in [9.17, 15) is 9.59 Å². The van der Waals surface area contributed by atoms with E-state index in [-0.39, 0.29) is 23.9 Å². The Hall–Kier alpha value is -4.09. The van der Waals surface area contributed by atoms with Crippen molar-refractivity contribution in [2.45, 2.75) is 96.7 Å². The van der Waals surface area contributed by atoms with Gasteiger partial charge in [-0.25, -0.2) is 9.78 Å². The van der Waals surface area contributed by atoms with E-state index < -0.39 is 30.5 Å². The molecule has 1 aromatic heterocycles. The molecule has 1 saturated carbocycles. The molecule has 8 rings (SSSR count). The molecular formula is C37H43BN4O6. The lowest BCUT2D eigenvalue weighted by Crippen LogP contribution is -2.54. The first kappa shape index (κ1) is 31.2. The van der Waals surface area contributed by atoms with Crippen LogP contribution in [0.5, 0.6) is 5.75 Å². The summed E-state index contributed by atoms with van der Waals surface area (Å²) in [5, 5.41) is 4.84. The number of H-pyrrole nitrogens is 1. The maximum atomic E-state index is 14.0. The van der Waals surface area contributed by atoms with Gasteiger partial charge in [-0.3, -0.25) is 4.79 Å². The average Bonchev–Trinajstić information content (AvgIpc) is 3.66. The van der Waals surface area contributed by atoms with Crippen molar-refractivity contribution >= 4 is 46.4 Å². The van der Waals surface area contributed by atoms with Crippen LogP contribution in [-0.2, 0) is 25.4 Å². The molecule has 4 aliphatic rings. The maximum Gasteiger partial charge on any atom is 0.494 e. The van der Waals surface area contributed by atoms with E-state index in [1.807, 2.05) is 18.7 Å². The number of hydrogen-bond acceptors (Lipinski definition) is 7. The molecule has 11 heteroatoms. The number of aromatic nitrogens is 2. The predicted octanol–water partition coefficient (Wildman–Crippen LogP) is 6.01. The first-order chi connectivity index (χ1) is 22.8. The molecule has 0 bridgehead atoms. The number of hydrogen-bond donors (Lipinski definition) is 2. The van der Waals surface area contributed by atoms with Gasteiger partial charge in [0.25, 0.3) is 0 Å².